The molecule has 3 aromatic rings. The van der Waals surface area contributed by atoms with Gasteiger partial charge < -0.3 is 5.11 Å². The summed E-state index contributed by atoms with van der Waals surface area (Å²) < 4.78 is 0. The zero-order valence-electron chi connectivity index (χ0n) is 13.0. The zero-order chi connectivity index (χ0) is 16.4. The van der Waals surface area contributed by atoms with E-state index < -0.39 is 0 Å². The van der Waals surface area contributed by atoms with Crippen LogP contribution in [0, 0.1) is 0 Å². The maximum atomic E-state index is 10.6. The lowest BCUT2D eigenvalue weighted by atomic mass is 9.96. The average molecular weight is 325 g/mol. The van der Waals surface area contributed by atoms with Crippen LogP contribution in [0.25, 0.3) is 10.8 Å². The third kappa shape index (κ3) is 3.20. The Hall–Kier alpha value is -2.39. The Bertz CT molecular complexity index is 888. The van der Waals surface area contributed by atoms with Crippen molar-refractivity contribution in [2.24, 2.45) is 10.2 Å². The maximum Gasteiger partial charge on any atom is 0.147 e. The van der Waals surface area contributed by atoms with Gasteiger partial charge in [0, 0.05) is 10.4 Å². The van der Waals surface area contributed by atoms with Crippen molar-refractivity contribution < 1.29 is 5.11 Å². The molecule has 0 spiro atoms. The molecule has 0 fully saturated rings. The standard InChI is InChI=1S/C19H17ClN2O/c1-12(2)17-10-13-6-3-4-9-16(13)18(19(17)23)22-21-15-8-5-7-14(20)11-15/h3-12,23H,1-2H3. The summed E-state index contributed by atoms with van der Waals surface area (Å²) in [6.45, 7) is 4.09. The molecule has 0 aliphatic heterocycles. The van der Waals surface area contributed by atoms with Crippen LogP contribution in [0.5, 0.6) is 5.75 Å². The molecule has 0 aliphatic rings. The summed E-state index contributed by atoms with van der Waals surface area (Å²) in [7, 11) is 0. The van der Waals surface area contributed by atoms with Gasteiger partial charge in [-0.3, -0.25) is 0 Å². The first kappa shape index (κ1) is 15.5. The average Bonchev–Trinajstić information content (AvgIpc) is 2.53. The van der Waals surface area contributed by atoms with Crippen LogP contribution in [0.15, 0.2) is 64.8 Å². The third-order valence-corrected chi connectivity index (χ3v) is 3.96. The fraction of sp³-hybridized carbons (Fsp3) is 0.158. The van der Waals surface area contributed by atoms with E-state index in [0.717, 1.165) is 16.3 Å². The number of azo groups is 1. The fourth-order valence-corrected chi connectivity index (χ4v) is 2.71. The van der Waals surface area contributed by atoms with E-state index in [2.05, 4.69) is 10.2 Å². The second-order valence-electron chi connectivity index (χ2n) is 5.72. The van der Waals surface area contributed by atoms with Gasteiger partial charge in [-0.25, -0.2) is 0 Å². The first-order chi connectivity index (χ1) is 11.1. The number of phenols is 1. The fourth-order valence-electron chi connectivity index (χ4n) is 2.53. The van der Waals surface area contributed by atoms with E-state index in [1.165, 1.54) is 0 Å². The van der Waals surface area contributed by atoms with E-state index in [0.29, 0.717) is 16.4 Å². The Morgan fingerprint density at radius 3 is 2.48 bits per heavy atom. The van der Waals surface area contributed by atoms with Crippen molar-refractivity contribution in [3.05, 3.63) is 65.2 Å². The highest BCUT2D eigenvalue weighted by molar-refractivity contribution is 6.30. The Balaban J connectivity index is 2.17. The van der Waals surface area contributed by atoms with Crippen molar-refractivity contribution >= 4 is 33.7 Å². The molecular formula is C19H17ClN2O. The molecule has 0 aromatic heterocycles. The summed E-state index contributed by atoms with van der Waals surface area (Å²) in [4.78, 5) is 0. The third-order valence-electron chi connectivity index (χ3n) is 3.72. The van der Waals surface area contributed by atoms with Crippen molar-refractivity contribution in [1.82, 2.24) is 0 Å². The van der Waals surface area contributed by atoms with Gasteiger partial charge in [-0.1, -0.05) is 55.8 Å². The highest BCUT2D eigenvalue weighted by Gasteiger charge is 2.14. The first-order valence-corrected chi connectivity index (χ1v) is 7.86. The summed E-state index contributed by atoms with van der Waals surface area (Å²) in [6, 6.07) is 17.0. The lowest BCUT2D eigenvalue weighted by Crippen LogP contribution is -1.89. The summed E-state index contributed by atoms with van der Waals surface area (Å²) >= 11 is 5.97. The van der Waals surface area contributed by atoms with Crippen LogP contribution in [0.2, 0.25) is 5.02 Å². The van der Waals surface area contributed by atoms with Gasteiger partial charge >= 0.3 is 0 Å². The van der Waals surface area contributed by atoms with Crippen LogP contribution in [0.3, 0.4) is 0 Å². The van der Waals surface area contributed by atoms with E-state index in [4.69, 9.17) is 11.6 Å². The van der Waals surface area contributed by atoms with E-state index in [-0.39, 0.29) is 11.7 Å². The van der Waals surface area contributed by atoms with Crippen molar-refractivity contribution in [1.29, 1.82) is 0 Å². The Kier molecular flexibility index (Phi) is 4.30. The summed E-state index contributed by atoms with van der Waals surface area (Å²) in [6.07, 6.45) is 0. The number of hydrogen-bond acceptors (Lipinski definition) is 3. The van der Waals surface area contributed by atoms with E-state index in [9.17, 15) is 5.11 Å². The lowest BCUT2D eigenvalue weighted by Gasteiger charge is -2.12. The van der Waals surface area contributed by atoms with Crippen LogP contribution in [0.1, 0.15) is 25.3 Å². The quantitative estimate of drug-likeness (QED) is 0.533. The number of nitrogens with zero attached hydrogens (tertiary/aromatic N) is 2. The molecule has 116 valence electrons. The van der Waals surface area contributed by atoms with Crippen LogP contribution in [-0.4, -0.2) is 5.11 Å². The van der Waals surface area contributed by atoms with Crippen molar-refractivity contribution in [3.63, 3.8) is 0 Å². The van der Waals surface area contributed by atoms with E-state index in [1.54, 1.807) is 12.1 Å². The van der Waals surface area contributed by atoms with Gasteiger partial charge in [0.05, 0.1) is 5.69 Å². The molecule has 23 heavy (non-hydrogen) atoms. The summed E-state index contributed by atoms with van der Waals surface area (Å²) in [5.74, 6) is 0.379. The molecular weight excluding hydrogens is 308 g/mol. The van der Waals surface area contributed by atoms with Crippen LogP contribution >= 0.6 is 11.6 Å². The van der Waals surface area contributed by atoms with Gasteiger partial charge in [0.2, 0.25) is 0 Å². The van der Waals surface area contributed by atoms with Crippen LogP contribution < -0.4 is 0 Å². The number of halogens is 1. The topological polar surface area (TPSA) is 45.0 Å². The minimum atomic E-state index is 0.185. The molecule has 4 heteroatoms. The van der Waals surface area contributed by atoms with Crippen molar-refractivity contribution in [3.8, 4) is 5.75 Å². The molecule has 0 saturated heterocycles. The largest absolute Gasteiger partial charge is 0.505 e. The molecule has 3 rings (SSSR count). The summed E-state index contributed by atoms with van der Waals surface area (Å²) in [5.41, 5.74) is 2.01. The Labute approximate surface area is 140 Å². The maximum absolute atomic E-state index is 10.6. The van der Waals surface area contributed by atoms with E-state index in [1.807, 2.05) is 56.3 Å². The van der Waals surface area contributed by atoms with Gasteiger partial charge in [-0.15, -0.1) is 5.11 Å². The zero-order valence-corrected chi connectivity index (χ0v) is 13.7. The number of phenolic OH excluding ortho intramolecular Hbond substituents is 1. The second-order valence-corrected chi connectivity index (χ2v) is 6.16. The smallest absolute Gasteiger partial charge is 0.147 e. The molecule has 0 radical (unpaired) electrons. The number of rotatable bonds is 3. The number of fused-ring (bicyclic) bond motifs is 1. The molecule has 0 atom stereocenters. The monoisotopic (exact) mass is 324 g/mol. The highest BCUT2D eigenvalue weighted by atomic mass is 35.5. The van der Waals surface area contributed by atoms with Gasteiger partial charge in [0.1, 0.15) is 11.4 Å². The van der Waals surface area contributed by atoms with Gasteiger partial charge in [0.25, 0.3) is 0 Å². The lowest BCUT2D eigenvalue weighted by molar-refractivity contribution is 0.467. The van der Waals surface area contributed by atoms with Crippen LogP contribution in [0.4, 0.5) is 11.4 Å². The molecule has 0 heterocycles. The summed E-state index contributed by atoms with van der Waals surface area (Å²) in [5, 5.41) is 21.7. The number of benzene rings is 3. The predicted molar refractivity (Wildman–Crippen MR) is 95.3 cm³/mol. The normalized spacial score (nSPS) is 11.7. The molecule has 0 amide bonds. The SMILES string of the molecule is CC(C)c1cc2ccccc2c(N=Nc2cccc(Cl)c2)c1O. The van der Waals surface area contributed by atoms with Gasteiger partial charge in [-0.2, -0.15) is 5.11 Å². The predicted octanol–water partition coefficient (Wildman–Crippen LogP) is 6.74. The molecule has 3 nitrogen and oxygen atoms in total. The van der Waals surface area contributed by atoms with Gasteiger partial charge in [-0.05, 0) is 41.1 Å². The highest BCUT2D eigenvalue weighted by Crippen LogP contribution is 2.41. The minimum Gasteiger partial charge on any atom is -0.505 e. The van der Waals surface area contributed by atoms with Crippen molar-refractivity contribution in [2.45, 2.75) is 19.8 Å². The first-order valence-electron chi connectivity index (χ1n) is 7.48. The number of hydrogen-bond donors (Lipinski definition) is 1. The number of aromatic hydroxyl groups is 1. The molecule has 0 bridgehead atoms. The molecule has 0 aliphatic carbocycles. The second kappa shape index (κ2) is 6.39. The molecule has 3 aromatic carbocycles. The van der Waals surface area contributed by atoms with Crippen LogP contribution in [-0.2, 0) is 0 Å². The Morgan fingerprint density at radius 2 is 1.74 bits per heavy atom. The molecule has 0 unspecified atom stereocenters. The molecule has 1 N–H and O–H groups in total. The van der Waals surface area contributed by atoms with Crippen molar-refractivity contribution in [2.75, 3.05) is 0 Å². The van der Waals surface area contributed by atoms with E-state index >= 15 is 0 Å². The molecule has 0 saturated carbocycles. The Morgan fingerprint density at radius 1 is 0.957 bits per heavy atom. The minimum absolute atomic E-state index is 0.185. The van der Waals surface area contributed by atoms with Gasteiger partial charge in [0.15, 0.2) is 0 Å².